The van der Waals surface area contributed by atoms with Crippen molar-refractivity contribution in [2.24, 2.45) is 5.73 Å². The number of thiophene rings is 1. The minimum Gasteiger partial charge on any atom is -0.322 e. The third-order valence-electron chi connectivity index (χ3n) is 3.15. The van der Waals surface area contributed by atoms with Gasteiger partial charge in [0.15, 0.2) is 9.84 Å². The van der Waals surface area contributed by atoms with E-state index >= 15 is 0 Å². The fourth-order valence-electron chi connectivity index (χ4n) is 1.82. The number of hydrogen-bond donors (Lipinski definition) is 1. The molecule has 102 valence electrons. The Hall–Kier alpha value is -1.17. The minimum absolute atomic E-state index is 0.0595. The van der Waals surface area contributed by atoms with E-state index in [4.69, 9.17) is 5.73 Å². The number of nitrogens with two attached hydrogens (primary N) is 1. The smallest absolute Gasteiger partial charge is 0.180 e. The van der Waals surface area contributed by atoms with Crippen LogP contribution in [0.25, 0.3) is 0 Å². The van der Waals surface area contributed by atoms with Crippen LogP contribution in [0.3, 0.4) is 0 Å². The zero-order valence-electron chi connectivity index (χ0n) is 11.0. The van der Waals surface area contributed by atoms with E-state index in [0.29, 0.717) is 4.90 Å². The average Bonchev–Trinajstić information content (AvgIpc) is 2.85. The number of aryl methyl sites for hydroxylation is 2. The molecule has 1 atom stereocenters. The average molecular weight is 295 g/mol. The Kier molecular flexibility index (Phi) is 4.08. The van der Waals surface area contributed by atoms with E-state index in [1.54, 1.807) is 12.1 Å². The maximum absolute atomic E-state index is 12.3. The Bertz CT molecular complexity index is 661. The molecule has 2 N–H and O–H groups in total. The van der Waals surface area contributed by atoms with Crippen LogP contribution in [0.5, 0.6) is 0 Å². The van der Waals surface area contributed by atoms with Crippen LogP contribution in [-0.2, 0) is 9.84 Å². The summed E-state index contributed by atoms with van der Waals surface area (Å²) in [6.07, 6.45) is 0. The fraction of sp³-hybridized carbons (Fsp3) is 0.286. The van der Waals surface area contributed by atoms with Crippen molar-refractivity contribution < 1.29 is 8.42 Å². The highest BCUT2D eigenvalue weighted by Gasteiger charge is 2.20. The van der Waals surface area contributed by atoms with Crippen LogP contribution < -0.4 is 5.73 Å². The van der Waals surface area contributed by atoms with Gasteiger partial charge in [-0.2, -0.15) is 0 Å². The Labute approximate surface area is 118 Å². The Morgan fingerprint density at radius 3 is 2.53 bits per heavy atom. The lowest BCUT2D eigenvalue weighted by Gasteiger charge is -2.11. The summed E-state index contributed by atoms with van der Waals surface area (Å²) in [5.41, 5.74) is 8.02. The van der Waals surface area contributed by atoms with Crippen molar-refractivity contribution >= 4 is 21.2 Å². The summed E-state index contributed by atoms with van der Waals surface area (Å²) in [6, 6.07) is 8.48. The molecular weight excluding hydrogens is 278 g/mol. The summed E-state index contributed by atoms with van der Waals surface area (Å²) < 4.78 is 24.7. The Morgan fingerprint density at radius 1 is 1.21 bits per heavy atom. The monoisotopic (exact) mass is 295 g/mol. The first-order valence-corrected chi connectivity index (χ1v) is 8.52. The van der Waals surface area contributed by atoms with Gasteiger partial charge in [0.25, 0.3) is 0 Å². The largest absolute Gasteiger partial charge is 0.322 e. The summed E-state index contributed by atoms with van der Waals surface area (Å²) in [6.45, 7) is 3.87. The van der Waals surface area contributed by atoms with Crippen LogP contribution in [-0.4, -0.2) is 14.2 Å². The number of sulfone groups is 1. The van der Waals surface area contributed by atoms with Crippen LogP contribution in [0.4, 0.5) is 0 Å². The van der Waals surface area contributed by atoms with Crippen molar-refractivity contribution in [1.29, 1.82) is 0 Å². The number of rotatable bonds is 4. The topological polar surface area (TPSA) is 60.2 Å². The first-order valence-electron chi connectivity index (χ1n) is 5.99. The molecule has 0 bridgehead atoms. The standard InChI is InChI=1S/C14H17NO2S2/c1-10-5-6-12(8-11(10)2)19(16,17)9-13(15)14-4-3-7-18-14/h3-8,13H,9,15H2,1-2H3. The molecule has 0 aliphatic rings. The summed E-state index contributed by atoms with van der Waals surface area (Å²) in [7, 11) is -3.34. The molecule has 2 aromatic rings. The zero-order chi connectivity index (χ0) is 14.0. The van der Waals surface area contributed by atoms with Gasteiger partial charge in [0.2, 0.25) is 0 Å². The lowest BCUT2D eigenvalue weighted by molar-refractivity contribution is 0.589. The lowest BCUT2D eigenvalue weighted by atomic mass is 10.1. The maximum atomic E-state index is 12.3. The van der Waals surface area contributed by atoms with Crippen molar-refractivity contribution in [3.63, 3.8) is 0 Å². The number of hydrogen-bond acceptors (Lipinski definition) is 4. The molecule has 0 saturated heterocycles. The predicted octanol–water partition coefficient (Wildman–Crippen LogP) is 2.84. The normalized spacial score (nSPS) is 13.4. The van der Waals surface area contributed by atoms with E-state index < -0.39 is 15.9 Å². The van der Waals surface area contributed by atoms with Gasteiger partial charge in [0, 0.05) is 4.88 Å². The Morgan fingerprint density at radius 2 is 1.95 bits per heavy atom. The van der Waals surface area contributed by atoms with E-state index in [9.17, 15) is 8.42 Å². The molecule has 0 fully saturated rings. The van der Waals surface area contributed by atoms with Crippen LogP contribution in [0.1, 0.15) is 22.0 Å². The molecule has 1 aromatic carbocycles. The summed E-state index contributed by atoms with van der Waals surface area (Å²) >= 11 is 1.48. The zero-order valence-corrected chi connectivity index (χ0v) is 12.6. The molecule has 1 heterocycles. The van der Waals surface area contributed by atoms with Gasteiger partial charge in [-0.3, -0.25) is 0 Å². The Balaban J connectivity index is 2.25. The molecule has 1 unspecified atom stereocenters. The van der Waals surface area contributed by atoms with Crippen LogP contribution in [0.15, 0.2) is 40.6 Å². The van der Waals surface area contributed by atoms with Gasteiger partial charge in [-0.05, 0) is 48.6 Å². The van der Waals surface area contributed by atoms with Gasteiger partial charge in [0.1, 0.15) is 0 Å². The third kappa shape index (κ3) is 3.23. The summed E-state index contributed by atoms with van der Waals surface area (Å²) in [5.74, 6) is -0.0595. The van der Waals surface area contributed by atoms with Gasteiger partial charge >= 0.3 is 0 Å². The SMILES string of the molecule is Cc1ccc(S(=O)(=O)CC(N)c2cccs2)cc1C. The summed E-state index contributed by atoms with van der Waals surface area (Å²) in [4.78, 5) is 1.25. The lowest BCUT2D eigenvalue weighted by Crippen LogP contribution is -2.21. The quantitative estimate of drug-likeness (QED) is 0.943. The van der Waals surface area contributed by atoms with Crippen LogP contribution >= 0.6 is 11.3 Å². The third-order valence-corrected chi connectivity index (χ3v) is 5.92. The molecular formula is C14H17NO2S2. The van der Waals surface area contributed by atoms with Crippen molar-refractivity contribution in [3.8, 4) is 0 Å². The highest BCUT2D eigenvalue weighted by atomic mass is 32.2. The van der Waals surface area contributed by atoms with Gasteiger partial charge in [-0.1, -0.05) is 12.1 Å². The van der Waals surface area contributed by atoms with Crippen molar-refractivity contribution in [2.75, 3.05) is 5.75 Å². The van der Waals surface area contributed by atoms with Crippen molar-refractivity contribution in [3.05, 3.63) is 51.7 Å². The molecule has 19 heavy (non-hydrogen) atoms. The second-order valence-corrected chi connectivity index (χ2v) is 7.66. The minimum atomic E-state index is -3.34. The molecule has 0 spiro atoms. The van der Waals surface area contributed by atoms with Gasteiger partial charge in [-0.15, -0.1) is 11.3 Å². The molecule has 2 rings (SSSR count). The molecule has 0 aliphatic heterocycles. The highest BCUT2D eigenvalue weighted by Crippen LogP contribution is 2.22. The molecule has 0 saturated carbocycles. The molecule has 3 nitrogen and oxygen atoms in total. The first-order chi connectivity index (χ1) is 8.90. The first kappa shape index (κ1) is 14.2. The molecule has 0 amide bonds. The van der Waals surface area contributed by atoms with E-state index in [2.05, 4.69) is 0 Å². The van der Waals surface area contributed by atoms with Gasteiger partial charge in [0.05, 0.1) is 16.7 Å². The van der Waals surface area contributed by atoms with E-state index in [1.165, 1.54) is 11.3 Å². The second kappa shape index (κ2) is 5.45. The van der Waals surface area contributed by atoms with Crippen LogP contribution in [0, 0.1) is 13.8 Å². The maximum Gasteiger partial charge on any atom is 0.180 e. The van der Waals surface area contributed by atoms with Crippen molar-refractivity contribution in [2.45, 2.75) is 24.8 Å². The van der Waals surface area contributed by atoms with E-state index in [0.717, 1.165) is 16.0 Å². The van der Waals surface area contributed by atoms with Crippen LogP contribution in [0.2, 0.25) is 0 Å². The summed E-state index contributed by atoms with van der Waals surface area (Å²) in [5, 5.41) is 1.90. The second-order valence-electron chi connectivity index (χ2n) is 4.65. The predicted molar refractivity (Wildman–Crippen MR) is 79.2 cm³/mol. The van der Waals surface area contributed by atoms with Gasteiger partial charge < -0.3 is 5.73 Å². The van der Waals surface area contributed by atoms with Crippen molar-refractivity contribution in [1.82, 2.24) is 0 Å². The molecule has 0 radical (unpaired) electrons. The molecule has 0 aliphatic carbocycles. The molecule has 1 aromatic heterocycles. The molecule has 5 heteroatoms. The van der Waals surface area contributed by atoms with Gasteiger partial charge in [-0.25, -0.2) is 8.42 Å². The highest BCUT2D eigenvalue weighted by molar-refractivity contribution is 7.91. The van der Waals surface area contributed by atoms with E-state index in [-0.39, 0.29) is 5.75 Å². The fourth-order valence-corrected chi connectivity index (χ4v) is 4.14. The number of benzene rings is 1. The van der Waals surface area contributed by atoms with E-state index in [1.807, 2.05) is 37.4 Å².